The van der Waals surface area contributed by atoms with Crippen molar-refractivity contribution in [3.8, 4) is 0 Å². The summed E-state index contributed by atoms with van der Waals surface area (Å²) in [6.07, 6.45) is 0.134. The molecule has 4 atom stereocenters. The number of amides is 2. The van der Waals surface area contributed by atoms with Gasteiger partial charge in [0.05, 0.1) is 51.5 Å². The first kappa shape index (κ1) is 57.9. The third-order valence-electron chi connectivity index (χ3n) is 7.19. The molecule has 339 valence electrons. The molecule has 5 N–H and O–H groups in total. The van der Waals surface area contributed by atoms with Gasteiger partial charge in [-0.1, -0.05) is 0 Å². The first-order valence-corrected chi connectivity index (χ1v) is 18.3. The largest absolute Gasteiger partial charge is 3.00 e. The molecule has 0 rings (SSSR count). The Balaban J connectivity index is 0. The maximum absolute atomic E-state index is 12.7. The van der Waals surface area contributed by atoms with E-state index in [0.717, 1.165) is 24.3 Å². The zero-order valence-corrected chi connectivity index (χ0v) is 36.7. The molecular formula is C36H57GdN5O18+3. The van der Waals surface area contributed by atoms with Crippen molar-refractivity contribution in [2.45, 2.75) is 52.1 Å². The van der Waals surface area contributed by atoms with Crippen molar-refractivity contribution in [1.29, 1.82) is 0 Å². The number of carboxylic acids is 2. The molecule has 0 spiro atoms. The number of carboxylic acid groups (broad SMARTS) is 2. The van der Waals surface area contributed by atoms with Crippen LogP contribution in [0.1, 0.15) is 27.7 Å². The second-order valence-electron chi connectivity index (χ2n) is 12.9. The van der Waals surface area contributed by atoms with Gasteiger partial charge in [0.25, 0.3) is 0 Å². The molecule has 0 saturated heterocycles. The van der Waals surface area contributed by atoms with E-state index in [1.165, 1.54) is 49.6 Å². The minimum Gasteiger partial charge on any atom is -0.480 e. The first-order chi connectivity index (χ1) is 27.7. The molecule has 0 aromatic carbocycles. The van der Waals surface area contributed by atoms with Crippen molar-refractivity contribution in [3.05, 3.63) is 24.3 Å². The predicted octanol–water partition coefficient (Wildman–Crippen LogP) is -3.06. The van der Waals surface area contributed by atoms with Gasteiger partial charge in [-0.3, -0.25) is 38.7 Å². The van der Waals surface area contributed by atoms with Gasteiger partial charge in [-0.15, -0.1) is 0 Å². The molecule has 0 aromatic heterocycles. The van der Waals surface area contributed by atoms with E-state index in [0.29, 0.717) is 0 Å². The van der Waals surface area contributed by atoms with E-state index in [1.807, 2.05) is 0 Å². The molecule has 1 radical (unpaired) electrons. The molecule has 23 nitrogen and oxygen atoms in total. The van der Waals surface area contributed by atoms with Crippen molar-refractivity contribution >= 4 is 53.6 Å². The smallest absolute Gasteiger partial charge is 0.480 e. The number of ether oxygens (including phenoxy) is 6. The van der Waals surface area contributed by atoms with Crippen molar-refractivity contribution in [2.24, 2.45) is 0 Å². The van der Waals surface area contributed by atoms with Gasteiger partial charge in [0.2, 0.25) is 11.8 Å². The van der Waals surface area contributed by atoms with Gasteiger partial charge in [-0.2, -0.15) is 0 Å². The second-order valence-corrected chi connectivity index (χ2v) is 12.9. The molecule has 24 heteroatoms. The van der Waals surface area contributed by atoms with Crippen molar-refractivity contribution in [1.82, 2.24) is 25.3 Å². The number of carbonyl (C=O) groups is 9. The van der Waals surface area contributed by atoms with Gasteiger partial charge in [-0.05, 0) is 27.7 Å². The monoisotopic (exact) mass is 1010 g/mol. The Bertz CT molecular complexity index is 1460. The van der Waals surface area contributed by atoms with Gasteiger partial charge in [0.1, 0.15) is 32.0 Å². The van der Waals surface area contributed by atoms with E-state index in [2.05, 4.69) is 15.4 Å². The Morgan fingerprint density at radius 1 is 0.517 bits per heavy atom. The van der Waals surface area contributed by atoms with Crippen LogP contribution in [-0.2, 0) is 71.6 Å². The fourth-order valence-electron chi connectivity index (χ4n) is 4.31. The number of nitrogens with one attached hydrogen (secondary N) is 2. The number of esters is 5. The number of aliphatic hydroxyl groups excluding tert-OH is 1. The van der Waals surface area contributed by atoms with Gasteiger partial charge in [-0.25, -0.2) is 19.2 Å². The topological polar surface area (TPSA) is 303 Å². The van der Waals surface area contributed by atoms with Crippen LogP contribution in [0.15, 0.2) is 24.3 Å². The summed E-state index contributed by atoms with van der Waals surface area (Å²) >= 11 is 0. The van der Waals surface area contributed by atoms with Crippen molar-refractivity contribution < 1.29 is 127 Å². The number of hydrogen-bond donors (Lipinski definition) is 5. The van der Waals surface area contributed by atoms with E-state index in [9.17, 15) is 53.4 Å². The van der Waals surface area contributed by atoms with Crippen LogP contribution in [0.3, 0.4) is 0 Å². The van der Waals surface area contributed by atoms with Crippen LogP contribution in [0.5, 0.6) is 0 Å². The molecule has 0 saturated carbocycles. The average molecular weight is 1010 g/mol. The Morgan fingerprint density at radius 2 is 0.900 bits per heavy atom. The maximum Gasteiger partial charge on any atom is 3.00 e. The minimum absolute atomic E-state index is 0. The number of aliphatic carboxylic acids is 2. The molecule has 0 aliphatic heterocycles. The summed E-state index contributed by atoms with van der Waals surface area (Å²) in [6.45, 7) is 3.35. The quantitative estimate of drug-likeness (QED) is 0.0262. The molecule has 4 unspecified atom stereocenters. The number of rotatable bonds is 31. The number of hydrogen-bond acceptors (Lipinski definition) is 19. The van der Waals surface area contributed by atoms with Gasteiger partial charge in [0, 0.05) is 64.6 Å². The summed E-state index contributed by atoms with van der Waals surface area (Å²) in [6, 6.07) is 0. The molecule has 0 aliphatic rings. The van der Waals surface area contributed by atoms with E-state index < -0.39 is 97.6 Å². The van der Waals surface area contributed by atoms with Crippen LogP contribution in [0, 0.1) is 39.9 Å². The average Bonchev–Trinajstić information content (AvgIpc) is 3.16. The zero-order valence-electron chi connectivity index (χ0n) is 34.5. The molecule has 0 fully saturated rings. The third kappa shape index (κ3) is 32.7. The number of likely N-dealkylation sites (N-methyl/N-ethyl adjacent to an activating group) is 2. The third-order valence-corrected chi connectivity index (χ3v) is 7.19. The molecule has 60 heavy (non-hydrogen) atoms. The summed E-state index contributed by atoms with van der Waals surface area (Å²) in [4.78, 5) is 111. The molecule has 0 bridgehead atoms. The summed E-state index contributed by atoms with van der Waals surface area (Å²) in [5, 5.41) is 32.5. The minimum atomic E-state index is -1.18. The molecule has 0 heterocycles. The number of nitrogens with zero attached hydrogens (tertiary/aromatic N) is 3. The van der Waals surface area contributed by atoms with Gasteiger partial charge >= 0.3 is 81.7 Å². The van der Waals surface area contributed by atoms with Crippen LogP contribution < -0.4 is 10.6 Å². The van der Waals surface area contributed by atoms with Crippen LogP contribution in [0.4, 0.5) is 0 Å². The summed E-state index contributed by atoms with van der Waals surface area (Å²) < 4.78 is 30.5. The van der Waals surface area contributed by atoms with Crippen LogP contribution in [-0.4, -0.2) is 207 Å². The molecule has 2 amide bonds. The van der Waals surface area contributed by atoms with E-state index >= 15 is 0 Å². The van der Waals surface area contributed by atoms with E-state index in [4.69, 9.17) is 28.8 Å². The molecular weight excluding hydrogens is 948 g/mol. The van der Waals surface area contributed by atoms with E-state index in [-0.39, 0.29) is 106 Å². The van der Waals surface area contributed by atoms with Crippen LogP contribution >= 0.6 is 0 Å². The Kier molecular flexibility index (Phi) is 32.4. The molecule has 0 aliphatic carbocycles. The standard InChI is InChI=1S/C36H57N5O18.Gd/c1-24(42)20-55-32(49)7-9-34(51)58-26(3)22-54-25(2)21-56-33(50)8-10-35(52)59-27(4)23-57-36(53)19-41(16-29(44)38-6)14-12-39(17-30(45)46)11-13-40(18-31(47)48)15-28(43)37-5;/h7-10,24-27,42H,11-23H2,1-6H3,(H,37,43)(H,38,44)(H,45,46)(H,47,48);/q;+3/b9-7+,10-8+;. The number of aliphatic hydroxyl groups is 1. The van der Waals surface area contributed by atoms with Crippen molar-refractivity contribution in [3.63, 3.8) is 0 Å². The predicted molar refractivity (Wildman–Crippen MR) is 202 cm³/mol. The SMILES string of the molecule is CNC(=O)CN(CCN(CCN(CC(=O)NC)CC(=O)OCC(C)OC(=O)/C=C/C(=O)OCC(C)OCC(C)OC(=O)/C=C/C(=O)OCC(C)O)CC(=O)O)CC(=O)O.[Gd+3]. The zero-order chi connectivity index (χ0) is 44.9. The fraction of sp³-hybridized carbons (Fsp3) is 0.639. The fourth-order valence-corrected chi connectivity index (χ4v) is 4.31. The Hall–Kier alpha value is -4.17. The second kappa shape index (κ2) is 33.5. The van der Waals surface area contributed by atoms with Gasteiger partial charge < -0.3 is 54.4 Å². The Morgan fingerprint density at radius 3 is 1.35 bits per heavy atom. The van der Waals surface area contributed by atoms with E-state index in [1.54, 1.807) is 6.92 Å². The first-order valence-electron chi connectivity index (χ1n) is 18.3. The molecule has 0 aromatic rings. The summed E-state index contributed by atoms with van der Waals surface area (Å²) in [5.41, 5.74) is 0. The van der Waals surface area contributed by atoms with Crippen molar-refractivity contribution in [2.75, 3.05) is 99.4 Å². The van der Waals surface area contributed by atoms with Crippen LogP contribution in [0.25, 0.3) is 0 Å². The normalized spacial score (nSPS) is 13.2. The number of carbonyl (C=O) groups excluding carboxylic acids is 7. The van der Waals surface area contributed by atoms with Gasteiger partial charge in [0.15, 0.2) is 0 Å². The Labute approximate surface area is 379 Å². The summed E-state index contributed by atoms with van der Waals surface area (Å²) in [5.74, 6) is -7.56. The van der Waals surface area contributed by atoms with Crippen LogP contribution in [0.2, 0.25) is 0 Å². The maximum atomic E-state index is 12.7. The summed E-state index contributed by atoms with van der Waals surface area (Å²) in [7, 11) is 2.78.